The highest BCUT2D eigenvalue weighted by Crippen LogP contribution is 2.20. The summed E-state index contributed by atoms with van der Waals surface area (Å²) in [4.78, 5) is 28.6. The highest BCUT2D eigenvalue weighted by Gasteiger charge is 2.25. The van der Waals surface area contributed by atoms with Gasteiger partial charge in [-0.15, -0.1) is 11.3 Å². The number of carbonyl (C=O) groups is 2. The maximum absolute atomic E-state index is 12.0. The molecule has 1 aliphatic rings. The lowest BCUT2D eigenvalue weighted by molar-refractivity contribution is 0.0691. The fourth-order valence-electron chi connectivity index (χ4n) is 2.57. The molecule has 2 amide bonds. The van der Waals surface area contributed by atoms with Crippen LogP contribution in [0, 0.1) is 5.92 Å². The van der Waals surface area contributed by atoms with Gasteiger partial charge in [-0.1, -0.05) is 13.3 Å². The number of carboxylic acids is 1. The van der Waals surface area contributed by atoms with E-state index in [1.54, 1.807) is 0 Å². The smallest absolute Gasteiger partial charge is 0.355 e. The van der Waals surface area contributed by atoms with Gasteiger partial charge in [0.1, 0.15) is 0 Å². The van der Waals surface area contributed by atoms with Gasteiger partial charge in [-0.3, -0.25) is 0 Å². The second-order valence-electron chi connectivity index (χ2n) is 5.30. The van der Waals surface area contributed by atoms with Crippen LogP contribution in [0.4, 0.5) is 4.79 Å². The van der Waals surface area contributed by atoms with Crippen LogP contribution in [0.15, 0.2) is 5.38 Å². The highest BCUT2D eigenvalue weighted by atomic mass is 32.1. The summed E-state index contributed by atoms with van der Waals surface area (Å²) in [7, 11) is 0. The van der Waals surface area contributed by atoms with Gasteiger partial charge in [0.15, 0.2) is 5.69 Å². The van der Waals surface area contributed by atoms with Crippen molar-refractivity contribution in [1.82, 2.24) is 15.2 Å². The number of likely N-dealkylation sites (tertiary alicyclic amines) is 1. The Labute approximate surface area is 128 Å². The Kier molecular flexibility index (Phi) is 5.55. The number of carboxylic acid groups (broad SMARTS) is 1. The Morgan fingerprint density at radius 3 is 3.05 bits per heavy atom. The van der Waals surface area contributed by atoms with Crippen LogP contribution in [0.25, 0.3) is 0 Å². The average Bonchev–Trinajstić information content (AvgIpc) is 3.08. The van der Waals surface area contributed by atoms with E-state index in [1.807, 2.05) is 4.90 Å². The summed E-state index contributed by atoms with van der Waals surface area (Å²) in [5.41, 5.74) is 0.0725. The first-order chi connectivity index (χ1) is 10.1. The quantitative estimate of drug-likeness (QED) is 0.844. The molecule has 1 atom stereocenters. The molecular formula is C14H21N3O3S. The average molecular weight is 311 g/mol. The van der Waals surface area contributed by atoms with Crippen LogP contribution in [-0.4, -0.2) is 46.6 Å². The van der Waals surface area contributed by atoms with Gasteiger partial charge in [0.2, 0.25) is 0 Å². The van der Waals surface area contributed by atoms with Crippen molar-refractivity contribution in [3.05, 3.63) is 16.1 Å². The Hall–Kier alpha value is -1.63. The van der Waals surface area contributed by atoms with Crippen LogP contribution >= 0.6 is 11.3 Å². The number of nitrogens with one attached hydrogen (secondary N) is 1. The van der Waals surface area contributed by atoms with Gasteiger partial charge in [-0.05, 0) is 18.8 Å². The summed E-state index contributed by atoms with van der Waals surface area (Å²) in [5.74, 6) is -0.376. The van der Waals surface area contributed by atoms with Crippen molar-refractivity contribution in [3.63, 3.8) is 0 Å². The van der Waals surface area contributed by atoms with E-state index in [1.165, 1.54) is 23.1 Å². The van der Waals surface area contributed by atoms with Crippen molar-refractivity contribution in [1.29, 1.82) is 0 Å². The third kappa shape index (κ3) is 4.42. The molecule has 0 saturated carbocycles. The van der Waals surface area contributed by atoms with Crippen molar-refractivity contribution in [2.75, 3.05) is 19.6 Å². The highest BCUT2D eigenvalue weighted by molar-refractivity contribution is 7.09. The van der Waals surface area contributed by atoms with E-state index < -0.39 is 5.97 Å². The lowest BCUT2D eigenvalue weighted by Crippen LogP contribution is -2.39. The zero-order valence-electron chi connectivity index (χ0n) is 12.2. The minimum atomic E-state index is -1.01. The SMILES string of the molecule is CCCC1CCN(C(=O)NCCc2nc(C(=O)O)cs2)C1. The first-order valence-corrected chi connectivity index (χ1v) is 8.18. The molecule has 1 saturated heterocycles. The topological polar surface area (TPSA) is 82.5 Å². The van der Waals surface area contributed by atoms with E-state index in [0.717, 1.165) is 30.9 Å². The van der Waals surface area contributed by atoms with Crippen LogP contribution < -0.4 is 5.32 Å². The Balaban J connectivity index is 1.70. The molecule has 1 aliphatic heterocycles. The summed E-state index contributed by atoms with van der Waals surface area (Å²) in [6.45, 7) is 4.33. The number of carbonyl (C=O) groups excluding carboxylic acids is 1. The fraction of sp³-hybridized carbons (Fsp3) is 0.643. The molecule has 2 N–H and O–H groups in total. The van der Waals surface area contributed by atoms with Gasteiger partial charge in [0, 0.05) is 31.4 Å². The predicted molar refractivity (Wildman–Crippen MR) is 80.8 cm³/mol. The van der Waals surface area contributed by atoms with Gasteiger partial charge >= 0.3 is 12.0 Å². The summed E-state index contributed by atoms with van der Waals surface area (Å²) in [6.07, 6.45) is 4.00. The van der Waals surface area contributed by atoms with E-state index in [-0.39, 0.29) is 11.7 Å². The molecule has 7 heteroatoms. The van der Waals surface area contributed by atoms with Crippen LogP contribution in [0.2, 0.25) is 0 Å². The molecule has 0 radical (unpaired) electrons. The molecule has 1 fully saturated rings. The Bertz CT molecular complexity index is 503. The third-order valence-corrected chi connectivity index (χ3v) is 4.56. The first kappa shape index (κ1) is 15.8. The van der Waals surface area contributed by atoms with Gasteiger partial charge in [-0.2, -0.15) is 0 Å². The molecule has 0 spiro atoms. The van der Waals surface area contributed by atoms with Gasteiger partial charge in [0.25, 0.3) is 0 Å². The summed E-state index contributed by atoms with van der Waals surface area (Å²) in [6, 6.07) is -0.0244. The van der Waals surface area contributed by atoms with Crippen molar-refractivity contribution >= 4 is 23.3 Å². The molecule has 6 nitrogen and oxygen atoms in total. The molecule has 1 aromatic rings. The van der Waals surface area contributed by atoms with Crippen molar-refractivity contribution in [2.45, 2.75) is 32.6 Å². The molecule has 2 rings (SSSR count). The number of thiazole rings is 1. The molecule has 116 valence electrons. The second-order valence-corrected chi connectivity index (χ2v) is 6.25. The molecule has 1 unspecified atom stereocenters. The first-order valence-electron chi connectivity index (χ1n) is 7.30. The Morgan fingerprint density at radius 2 is 2.38 bits per heavy atom. The number of hydrogen-bond donors (Lipinski definition) is 2. The van der Waals surface area contributed by atoms with Crippen LogP contribution in [0.5, 0.6) is 0 Å². The third-order valence-electron chi connectivity index (χ3n) is 3.66. The van der Waals surface area contributed by atoms with Crippen molar-refractivity contribution < 1.29 is 14.7 Å². The normalized spacial score (nSPS) is 18.0. The molecule has 1 aromatic heterocycles. The number of aromatic carboxylic acids is 1. The minimum absolute atomic E-state index is 0.0244. The van der Waals surface area contributed by atoms with Crippen LogP contribution in [0.1, 0.15) is 41.7 Å². The number of hydrogen-bond acceptors (Lipinski definition) is 4. The van der Waals surface area contributed by atoms with Crippen LogP contribution in [0.3, 0.4) is 0 Å². The van der Waals surface area contributed by atoms with Gasteiger partial charge in [-0.25, -0.2) is 14.6 Å². The molecule has 2 heterocycles. The largest absolute Gasteiger partial charge is 0.476 e. The van der Waals surface area contributed by atoms with Crippen molar-refractivity contribution in [2.24, 2.45) is 5.92 Å². The van der Waals surface area contributed by atoms with Gasteiger partial charge < -0.3 is 15.3 Å². The number of nitrogens with zero attached hydrogens (tertiary/aromatic N) is 2. The van der Waals surface area contributed by atoms with E-state index >= 15 is 0 Å². The fourth-order valence-corrected chi connectivity index (χ4v) is 3.35. The predicted octanol–water partition coefficient (Wildman–Crippen LogP) is 2.22. The number of urea groups is 1. The molecule has 21 heavy (non-hydrogen) atoms. The molecule has 0 aliphatic carbocycles. The van der Waals surface area contributed by atoms with E-state index in [2.05, 4.69) is 17.2 Å². The Morgan fingerprint density at radius 1 is 1.57 bits per heavy atom. The van der Waals surface area contributed by atoms with Gasteiger partial charge in [0.05, 0.1) is 5.01 Å². The maximum Gasteiger partial charge on any atom is 0.355 e. The molecule has 0 bridgehead atoms. The zero-order chi connectivity index (χ0) is 15.2. The number of aromatic nitrogens is 1. The zero-order valence-corrected chi connectivity index (χ0v) is 13.0. The van der Waals surface area contributed by atoms with Crippen LogP contribution in [-0.2, 0) is 6.42 Å². The summed E-state index contributed by atoms with van der Waals surface area (Å²) >= 11 is 1.31. The number of rotatable bonds is 6. The number of amides is 2. The lowest BCUT2D eigenvalue weighted by atomic mass is 10.0. The minimum Gasteiger partial charge on any atom is -0.476 e. The summed E-state index contributed by atoms with van der Waals surface area (Å²) in [5, 5.41) is 13.9. The lowest BCUT2D eigenvalue weighted by Gasteiger charge is -2.17. The van der Waals surface area contributed by atoms with E-state index in [0.29, 0.717) is 18.9 Å². The molecule has 0 aromatic carbocycles. The van der Waals surface area contributed by atoms with E-state index in [4.69, 9.17) is 5.11 Å². The standard InChI is InChI=1S/C14H21N3O3S/c1-2-3-10-5-7-17(8-10)14(20)15-6-4-12-16-11(9-21-12)13(18)19/h9-10H,2-8H2,1H3,(H,15,20)(H,18,19). The second kappa shape index (κ2) is 7.40. The maximum atomic E-state index is 12.0. The van der Waals surface area contributed by atoms with E-state index in [9.17, 15) is 9.59 Å². The molecular weight excluding hydrogens is 290 g/mol. The summed E-state index contributed by atoms with van der Waals surface area (Å²) < 4.78 is 0. The van der Waals surface area contributed by atoms with Crippen molar-refractivity contribution in [3.8, 4) is 0 Å². The monoisotopic (exact) mass is 311 g/mol.